The highest BCUT2D eigenvalue weighted by molar-refractivity contribution is 5.96. The minimum Gasteiger partial charge on any atom is -0.466 e. The van der Waals surface area contributed by atoms with E-state index in [4.69, 9.17) is 14.2 Å². The first-order valence-electron chi connectivity index (χ1n) is 36.9. The van der Waals surface area contributed by atoms with Crippen LogP contribution in [-0.2, 0) is 43.0 Å². The lowest BCUT2D eigenvalue weighted by atomic mass is 10.0. The van der Waals surface area contributed by atoms with Gasteiger partial charge in [0.25, 0.3) is 0 Å². The van der Waals surface area contributed by atoms with Gasteiger partial charge in [-0.05, 0) is 77.3 Å². The van der Waals surface area contributed by atoms with Crippen molar-refractivity contribution in [3.8, 4) is 0 Å². The van der Waals surface area contributed by atoms with E-state index in [1.807, 2.05) is 0 Å². The van der Waals surface area contributed by atoms with Gasteiger partial charge in [0, 0.05) is 39.1 Å². The molecule has 0 aliphatic carbocycles. The third kappa shape index (κ3) is 52.7. The predicted octanol–water partition coefficient (Wildman–Crippen LogP) is 16.9. The van der Waals surface area contributed by atoms with Crippen molar-refractivity contribution in [3.63, 3.8) is 0 Å². The molecule has 0 radical (unpaired) electrons. The first-order valence-corrected chi connectivity index (χ1v) is 36.9. The molecule has 1 aliphatic heterocycles. The number of carbonyl (C=O) groups is 6. The number of carbonyl (C=O) groups excluding carboxylic acids is 6. The van der Waals surface area contributed by atoms with Gasteiger partial charge in [-0.3, -0.25) is 28.8 Å². The van der Waals surface area contributed by atoms with E-state index in [0.717, 1.165) is 64.2 Å². The molecule has 0 aromatic rings. The van der Waals surface area contributed by atoms with Gasteiger partial charge >= 0.3 is 17.9 Å². The van der Waals surface area contributed by atoms with Crippen LogP contribution in [0.25, 0.3) is 0 Å². The second-order valence-corrected chi connectivity index (χ2v) is 25.5. The van der Waals surface area contributed by atoms with Crippen LogP contribution in [0.4, 0.5) is 0 Å². The molecule has 1 rings (SSSR count). The van der Waals surface area contributed by atoms with Crippen LogP contribution in [0.15, 0.2) is 0 Å². The number of hydrogen-bond acceptors (Lipinski definition) is 11. The molecule has 0 bridgehead atoms. The highest BCUT2D eigenvalue weighted by Crippen LogP contribution is 2.17. The highest BCUT2D eigenvalue weighted by Gasteiger charge is 2.33. The molecule has 504 valence electrons. The molecule has 3 amide bonds. The molecule has 1 aliphatic rings. The Morgan fingerprint density at radius 2 is 0.581 bits per heavy atom. The summed E-state index contributed by atoms with van der Waals surface area (Å²) in [6.07, 6.45) is 54.2. The Kier molecular flexibility index (Phi) is 58.2. The molecule has 14 nitrogen and oxygen atoms in total. The summed E-state index contributed by atoms with van der Waals surface area (Å²) in [6, 6.07) is -1.24. The van der Waals surface area contributed by atoms with Crippen molar-refractivity contribution in [2.75, 3.05) is 65.6 Å². The number of amides is 3. The van der Waals surface area contributed by atoms with Gasteiger partial charge in [-0.2, -0.15) is 0 Å². The van der Waals surface area contributed by atoms with E-state index in [0.29, 0.717) is 97.7 Å². The van der Waals surface area contributed by atoms with Crippen LogP contribution in [-0.4, -0.2) is 123 Å². The second-order valence-electron chi connectivity index (χ2n) is 25.5. The first kappa shape index (κ1) is 80.8. The van der Waals surface area contributed by atoms with Crippen LogP contribution in [0.5, 0.6) is 0 Å². The summed E-state index contributed by atoms with van der Waals surface area (Å²) < 4.78 is 16.9. The van der Waals surface area contributed by atoms with Gasteiger partial charge in [-0.1, -0.05) is 259 Å². The average molecular weight is 1220 g/mol. The summed E-state index contributed by atoms with van der Waals surface area (Å²) in [7, 11) is 0. The standard InChI is InChI=1S/C72H137N5O9/c1-5-9-13-17-21-25-29-33-37-43-55-73-67(78)51-58-76(59-52-68(79)84-62-46-38-34-30-26-22-18-14-10-6-2)56-44-41-49-65-71(82)75-66(72(83)74-65)50-42-45-57-77(60-53-69(80)85-63-47-39-35-31-27-23-19-15-11-7-3)61-54-70(81)86-64-48-40-36-32-28-24-20-16-12-8-4/h65-66H,5-64H2,1-4H3,(H,73,78)(H,74,83)(H,75,82). The van der Waals surface area contributed by atoms with E-state index in [-0.39, 0.29) is 54.9 Å². The summed E-state index contributed by atoms with van der Waals surface area (Å²) in [5.41, 5.74) is 0. The van der Waals surface area contributed by atoms with Crippen LogP contribution < -0.4 is 16.0 Å². The Balaban J connectivity index is 2.62. The van der Waals surface area contributed by atoms with E-state index in [1.165, 1.54) is 205 Å². The van der Waals surface area contributed by atoms with Gasteiger partial charge in [-0.15, -0.1) is 0 Å². The van der Waals surface area contributed by atoms with Gasteiger partial charge in [0.15, 0.2) is 0 Å². The zero-order valence-electron chi connectivity index (χ0n) is 56.6. The summed E-state index contributed by atoms with van der Waals surface area (Å²) in [5, 5.41) is 9.08. The minimum absolute atomic E-state index is 0.0292. The zero-order chi connectivity index (χ0) is 62.4. The number of nitrogens with zero attached hydrogens (tertiary/aromatic N) is 2. The largest absolute Gasteiger partial charge is 0.466 e. The van der Waals surface area contributed by atoms with E-state index < -0.39 is 12.1 Å². The Morgan fingerprint density at radius 3 is 0.872 bits per heavy atom. The maximum absolute atomic E-state index is 13.4. The van der Waals surface area contributed by atoms with Crippen molar-refractivity contribution in [3.05, 3.63) is 0 Å². The van der Waals surface area contributed by atoms with Crippen molar-refractivity contribution in [1.29, 1.82) is 0 Å². The molecular weight excluding hydrogens is 1080 g/mol. The molecule has 1 fully saturated rings. The fraction of sp³-hybridized carbons (Fsp3) is 0.917. The lowest BCUT2D eigenvalue weighted by Gasteiger charge is -2.30. The Hall–Kier alpha value is -3.26. The first-order chi connectivity index (χ1) is 42.1. The molecule has 2 unspecified atom stereocenters. The van der Waals surface area contributed by atoms with Crippen molar-refractivity contribution in [2.24, 2.45) is 0 Å². The molecule has 0 aromatic heterocycles. The molecule has 2 atom stereocenters. The monoisotopic (exact) mass is 1220 g/mol. The molecule has 0 saturated carbocycles. The normalized spacial score (nSPS) is 14.2. The fourth-order valence-electron chi connectivity index (χ4n) is 11.6. The smallest absolute Gasteiger partial charge is 0.307 e. The number of unbranched alkanes of at least 4 members (excludes halogenated alkanes) is 38. The average Bonchev–Trinajstić information content (AvgIpc) is 3.34. The van der Waals surface area contributed by atoms with Crippen molar-refractivity contribution in [1.82, 2.24) is 25.8 Å². The molecule has 1 heterocycles. The molecule has 0 aromatic carbocycles. The predicted molar refractivity (Wildman–Crippen MR) is 356 cm³/mol. The summed E-state index contributed by atoms with van der Waals surface area (Å²) in [4.78, 5) is 82.5. The maximum atomic E-state index is 13.4. The van der Waals surface area contributed by atoms with Gasteiger partial charge < -0.3 is 40.0 Å². The topological polar surface area (TPSA) is 173 Å². The summed E-state index contributed by atoms with van der Waals surface area (Å²) in [6.45, 7) is 14.3. The van der Waals surface area contributed by atoms with Crippen molar-refractivity contribution in [2.45, 2.75) is 361 Å². The number of ether oxygens (including phenoxy) is 3. The lowest BCUT2D eigenvalue weighted by molar-refractivity contribution is -0.145. The molecule has 0 spiro atoms. The van der Waals surface area contributed by atoms with Crippen LogP contribution >= 0.6 is 0 Å². The molecular formula is C72H137N5O9. The fourth-order valence-corrected chi connectivity index (χ4v) is 11.6. The number of esters is 3. The maximum Gasteiger partial charge on any atom is 0.307 e. The van der Waals surface area contributed by atoms with Crippen LogP contribution in [0.2, 0.25) is 0 Å². The van der Waals surface area contributed by atoms with Crippen LogP contribution in [0.1, 0.15) is 349 Å². The van der Waals surface area contributed by atoms with Gasteiger partial charge in [0.05, 0.1) is 39.1 Å². The van der Waals surface area contributed by atoms with Gasteiger partial charge in [0.2, 0.25) is 17.7 Å². The number of nitrogens with one attached hydrogen (secondary N) is 3. The van der Waals surface area contributed by atoms with Gasteiger partial charge in [0.1, 0.15) is 12.1 Å². The lowest BCUT2D eigenvalue weighted by Crippen LogP contribution is -2.61. The van der Waals surface area contributed by atoms with E-state index in [2.05, 4.69) is 53.4 Å². The molecule has 14 heteroatoms. The summed E-state index contributed by atoms with van der Waals surface area (Å²) in [5.74, 6) is -0.966. The van der Waals surface area contributed by atoms with Crippen molar-refractivity contribution < 1.29 is 43.0 Å². The van der Waals surface area contributed by atoms with Crippen LogP contribution in [0.3, 0.4) is 0 Å². The highest BCUT2D eigenvalue weighted by atomic mass is 16.5. The van der Waals surface area contributed by atoms with E-state index in [1.54, 1.807) is 0 Å². The van der Waals surface area contributed by atoms with E-state index >= 15 is 0 Å². The third-order valence-corrected chi connectivity index (χ3v) is 17.4. The molecule has 3 N–H and O–H groups in total. The summed E-state index contributed by atoms with van der Waals surface area (Å²) >= 11 is 0. The van der Waals surface area contributed by atoms with Crippen LogP contribution in [0, 0.1) is 0 Å². The van der Waals surface area contributed by atoms with Crippen molar-refractivity contribution >= 4 is 35.6 Å². The number of piperazine rings is 1. The van der Waals surface area contributed by atoms with E-state index in [9.17, 15) is 28.8 Å². The molecule has 86 heavy (non-hydrogen) atoms. The number of rotatable bonds is 66. The second kappa shape index (κ2) is 62.0. The number of hydrogen-bond donors (Lipinski definition) is 3. The molecule has 1 saturated heterocycles. The Labute approximate surface area is 528 Å². The quantitative estimate of drug-likeness (QED) is 0.0301. The Morgan fingerprint density at radius 1 is 0.326 bits per heavy atom. The van der Waals surface area contributed by atoms with Gasteiger partial charge in [-0.25, -0.2) is 0 Å². The third-order valence-electron chi connectivity index (χ3n) is 17.4. The SMILES string of the molecule is CCCCCCCCCCCCNC(=O)CCN(CCCCC1NC(=O)C(CCCCN(CCC(=O)OCCCCCCCCCCCC)CCC(=O)OCCCCCCCCCCCC)NC1=O)CCC(=O)OCCCCCCCCCCCC. The Bertz CT molecular complexity index is 1400. The minimum atomic E-state index is -0.620. The zero-order valence-corrected chi connectivity index (χ0v) is 56.6.